The molecular formula is C30H43N5O4S. The highest BCUT2D eigenvalue weighted by molar-refractivity contribution is 7.14. The van der Waals surface area contributed by atoms with Gasteiger partial charge in [-0.05, 0) is 61.8 Å². The fourth-order valence-corrected chi connectivity index (χ4v) is 7.20. The van der Waals surface area contributed by atoms with Gasteiger partial charge in [0.15, 0.2) is 5.13 Å². The Morgan fingerprint density at radius 3 is 2.60 bits per heavy atom. The summed E-state index contributed by atoms with van der Waals surface area (Å²) >= 11 is 1.45. The van der Waals surface area contributed by atoms with Crippen molar-refractivity contribution in [2.24, 2.45) is 5.92 Å². The molecular weight excluding hydrogens is 526 g/mol. The smallest absolute Gasteiger partial charge is 0.323 e. The second-order valence-corrected chi connectivity index (χ2v) is 12.4. The molecule has 0 bridgehead atoms. The number of carbonyl (C=O) groups excluding carboxylic acids is 1. The van der Waals surface area contributed by atoms with Crippen molar-refractivity contribution in [3.05, 3.63) is 29.1 Å². The van der Waals surface area contributed by atoms with Crippen LogP contribution in [0.2, 0.25) is 0 Å². The van der Waals surface area contributed by atoms with Crippen molar-refractivity contribution in [2.75, 3.05) is 64.8 Å². The van der Waals surface area contributed by atoms with Crippen LogP contribution in [-0.4, -0.2) is 96.3 Å². The molecule has 0 radical (unpaired) electrons. The lowest BCUT2D eigenvalue weighted by Crippen LogP contribution is -2.52. The van der Waals surface area contributed by atoms with Gasteiger partial charge >= 0.3 is 12.0 Å². The number of thiazole rings is 1. The van der Waals surface area contributed by atoms with Gasteiger partial charge in [-0.1, -0.05) is 25.3 Å². The van der Waals surface area contributed by atoms with Crippen LogP contribution in [0.1, 0.15) is 62.8 Å². The number of methoxy groups -OCH3 is 1. The van der Waals surface area contributed by atoms with Crippen LogP contribution in [0.15, 0.2) is 23.6 Å². The minimum absolute atomic E-state index is 0.0963. The van der Waals surface area contributed by atoms with E-state index in [1.807, 2.05) is 10.3 Å². The van der Waals surface area contributed by atoms with E-state index in [-0.39, 0.29) is 12.5 Å². The molecule has 3 heterocycles. The summed E-state index contributed by atoms with van der Waals surface area (Å²) in [7, 11) is 1.69. The number of ether oxygens (including phenoxy) is 1. The Morgan fingerprint density at radius 2 is 1.85 bits per heavy atom. The molecule has 218 valence electrons. The SMILES string of the molecule is COc1ccc(C2CCCCC2)cc1-c1csc(NC(=O)N2CCN(C[C@@H]3CCCN(CCC(=O)O)C3)CC2)n1. The molecule has 5 rings (SSSR count). The average Bonchev–Trinajstić information content (AvgIpc) is 3.45. The predicted molar refractivity (Wildman–Crippen MR) is 158 cm³/mol. The van der Waals surface area contributed by atoms with E-state index in [0.29, 0.717) is 36.6 Å². The van der Waals surface area contributed by atoms with Crippen molar-refractivity contribution < 1.29 is 19.4 Å². The molecule has 3 fully saturated rings. The Kier molecular flexibility index (Phi) is 9.93. The Labute approximate surface area is 241 Å². The van der Waals surface area contributed by atoms with Gasteiger partial charge in [0, 0.05) is 56.8 Å². The normalized spacial score (nSPS) is 21.3. The summed E-state index contributed by atoms with van der Waals surface area (Å²) < 4.78 is 5.66. The van der Waals surface area contributed by atoms with E-state index in [1.165, 1.54) is 55.4 Å². The molecule has 2 aromatic rings. The first-order chi connectivity index (χ1) is 19.5. The summed E-state index contributed by atoms with van der Waals surface area (Å²) in [5, 5.41) is 14.6. The van der Waals surface area contributed by atoms with Crippen molar-refractivity contribution >= 4 is 28.5 Å². The monoisotopic (exact) mass is 569 g/mol. The molecule has 2 amide bonds. The Hall–Kier alpha value is -2.69. The molecule has 2 saturated heterocycles. The van der Waals surface area contributed by atoms with Crippen molar-refractivity contribution in [1.29, 1.82) is 0 Å². The maximum Gasteiger partial charge on any atom is 0.323 e. The van der Waals surface area contributed by atoms with E-state index < -0.39 is 5.97 Å². The summed E-state index contributed by atoms with van der Waals surface area (Å²) in [5.74, 6) is 1.24. The van der Waals surface area contributed by atoms with Gasteiger partial charge in [0.2, 0.25) is 0 Å². The molecule has 2 N–H and O–H groups in total. The number of hydrogen-bond acceptors (Lipinski definition) is 7. The zero-order valence-corrected chi connectivity index (χ0v) is 24.5. The van der Waals surface area contributed by atoms with E-state index in [0.717, 1.165) is 56.2 Å². The molecule has 2 aliphatic heterocycles. The molecule has 1 aliphatic carbocycles. The van der Waals surface area contributed by atoms with Crippen LogP contribution in [0, 0.1) is 5.92 Å². The third-order valence-electron chi connectivity index (χ3n) is 8.72. The minimum Gasteiger partial charge on any atom is -0.496 e. The molecule has 9 nitrogen and oxygen atoms in total. The number of carboxylic acids is 1. The van der Waals surface area contributed by atoms with Gasteiger partial charge in [-0.3, -0.25) is 15.0 Å². The van der Waals surface area contributed by atoms with E-state index in [9.17, 15) is 9.59 Å². The van der Waals surface area contributed by atoms with Crippen LogP contribution >= 0.6 is 11.3 Å². The second-order valence-electron chi connectivity index (χ2n) is 11.5. The number of piperidine rings is 1. The molecule has 1 atom stereocenters. The number of anilines is 1. The highest BCUT2D eigenvalue weighted by Gasteiger charge is 2.27. The lowest BCUT2D eigenvalue weighted by Gasteiger charge is -2.39. The Bertz CT molecular complexity index is 1140. The van der Waals surface area contributed by atoms with Gasteiger partial charge in [0.05, 0.1) is 19.2 Å². The van der Waals surface area contributed by atoms with Crippen LogP contribution in [0.5, 0.6) is 5.75 Å². The number of carbonyl (C=O) groups is 2. The van der Waals surface area contributed by atoms with Gasteiger partial charge < -0.3 is 19.6 Å². The fraction of sp³-hybridized carbons (Fsp3) is 0.633. The standard InChI is InChI=1S/C30H43N5O4S/c1-39-27-10-9-24(23-7-3-2-4-8-23)18-25(27)26-21-40-29(31-26)32-30(38)35-16-14-34(15-17-35)20-22-6-5-12-33(19-22)13-11-28(36)37/h9-10,18,21-23H,2-8,11-17,19-20H2,1H3,(H,36,37)(H,31,32,38)/t22-/m1/s1. The van der Waals surface area contributed by atoms with E-state index >= 15 is 0 Å². The zero-order chi connectivity index (χ0) is 27.9. The minimum atomic E-state index is -0.728. The molecule has 0 unspecified atom stereocenters. The van der Waals surface area contributed by atoms with Crippen LogP contribution in [0.25, 0.3) is 11.3 Å². The molecule has 1 aromatic heterocycles. The Balaban J connectivity index is 1.12. The highest BCUT2D eigenvalue weighted by Crippen LogP contribution is 2.38. The number of piperazine rings is 1. The van der Waals surface area contributed by atoms with Gasteiger partial charge in [0.25, 0.3) is 0 Å². The quantitative estimate of drug-likeness (QED) is 0.428. The summed E-state index contributed by atoms with van der Waals surface area (Å²) in [4.78, 5) is 35.3. The first-order valence-electron chi connectivity index (χ1n) is 14.8. The van der Waals surface area contributed by atoms with Crippen molar-refractivity contribution in [3.8, 4) is 17.0 Å². The number of aromatic nitrogens is 1. The number of nitrogens with one attached hydrogen (secondary N) is 1. The molecule has 40 heavy (non-hydrogen) atoms. The second kappa shape index (κ2) is 13.8. The zero-order valence-electron chi connectivity index (χ0n) is 23.6. The van der Waals surface area contributed by atoms with Gasteiger partial charge in [-0.25, -0.2) is 9.78 Å². The molecule has 1 aromatic carbocycles. The molecule has 0 spiro atoms. The van der Waals surface area contributed by atoms with Gasteiger partial charge in [-0.2, -0.15) is 0 Å². The van der Waals surface area contributed by atoms with Crippen LogP contribution < -0.4 is 10.1 Å². The number of nitrogens with zero attached hydrogens (tertiary/aromatic N) is 4. The maximum absolute atomic E-state index is 13.0. The number of rotatable bonds is 9. The number of benzene rings is 1. The summed E-state index contributed by atoms with van der Waals surface area (Å²) in [5.41, 5.74) is 3.18. The van der Waals surface area contributed by atoms with E-state index in [2.05, 4.69) is 33.3 Å². The third kappa shape index (κ3) is 7.53. The predicted octanol–water partition coefficient (Wildman–Crippen LogP) is 5.20. The van der Waals surface area contributed by atoms with Crippen LogP contribution in [0.4, 0.5) is 9.93 Å². The lowest BCUT2D eigenvalue weighted by molar-refractivity contribution is -0.137. The Morgan fingerprint density at radius 1 is 1.05 bits per heavy atom. The maximum atomic E-state index is 13.0. The number of likely N-dealkylation sites (tertiary alicyclic amines) is 1. The number of hydrogen-bond donors (Lipinski definition) is 2. The molecule has 10 heteroatoms. The van der Waals surface area contributed by atoms with Crippen molar-refractivity contribution in [3.63, 3.8) is 0 Å². The average molecular weight is 570 g/mol. The van der Waals surface area contributed by atoms with Crippen LogP contribution in [0.3, 0.4) is 0 Å². The van der Waals surface area contributed by atoms with Crippen molar-refractivity contribution in [2.45, 2.75) is 57.3 Å². The summed E-state index contributed by atoms with van der Waals surface area (Å²) in [6.07, 6.45) is 8.92. The number of amides is 2. The van der Waals surface area contributed by atoms with Crippen molar-refractivity contribution in [1.82, 2.24) is 19.7 Å². The van der Waals surface area contributed by atoms with Crippen LogP contribution in [-0.2, 0) is 4.79 Å². The van der Waals surface area contributed by atoms with E-state index in [4.69, 9.17) is 14.8 Å². The lowest BCUT2D eigenvalue weighted by atomic mass is 9.83. The topological polar surface area (TPSA) is 98.2 Å². The highest BCUT2D eigenvalue weighted by atomic mass is 32.1. The third-order valence-corrected chi connectivity index (χ3v) is 9.47. The molecule has 3 aliphatic rings. The van der Waals surface area contributed by atoms with Gasteiger partial charge in [0.1, 0.15) is 5.75 Å². The first kappa shape index (κ1) is 28.8. The fourth-order valence-electron chi connectivity index (χ4n) is 6.50. The number of urea groups is 1. The van der Waals surface area contributed by atoms with E-state index in [1.54, 1.807) is 7.11 Å². The summed E-state index contributed by atoms with van der Waals surface area (Å²) in [6, 6.07) is 6.38. The summed E-state index contributed by atoms with van der Waals surface area (Å²) in [6.45, 7) is 6.70. The number of aliphatic carboxylic acids is 1. The first-order valence-corrected chi connectivity index (χ1v) is 15.7. The largest absolute Gasteiger partial charge is 0.496 e. The molecule has 1 saturated carbocycles. The number of carboxylic acid groups (broad SMARTS) is 1. The van der Waals surface area contributed by atoms with Gasteiger partial charge in [-0.15, -0.1) is 11.3 Å².